The first kappa shape index (κ1) is 14.5. The molecule has 9 heteroatoms. The quantitative estimate of drug-likeness (QED) is 0.823. The third kappa shape index (κ3) is 2.69. The van der Waals surface area contributed by atoms with Crippen molar-refractivity contribution in [2.45, 2.75) is 6.54 Å². The molecule has 1 aliphatic heterocycles. The molecule has 2 aromatic rings. The van der Waals surface area contributed by atoms with Crippen LogP contribution in [0.3, 0.4) is 0 Å². The van der Waals surface area contributed by atoms with Gasteiger partial charge in [0.25, 0.3) is 0 Å². The molecule has 0 radical (unpaired) electrons. The molecule has 2 heterocycles. The van der Waals surface area contributed by atoms with E-state index in [1.165, 1.54) is 6.20 Å². The molecule has 0 bridgehead atoms. The number of nitrogens with one attached hydrogen (secondary N) is 2. The first-order chi connectivity index (χ1) is 11.1. The van der Waals surface area contributed by atoms with Gasteiger partial charge in [-0.15, -0.1) is 10.2 Å². The number of aromatic amines is 1. The monoisotopic (exact) mass is 310 g/mol. The van der Waals surface area contributed by atoms with Crippen LogP contribution in [0.25, 0.3) is 5.57 Å². The van der Waals surface area contributed by atoms with E-state index in [2.05, 4.69) is 25.9 Å². The molecule has 116 valence electrons. The Kier molecular flexibility index (Phi) is 3.64. The Morgan fingerprint density at radius 2 is 2.30 bits per heavy atom. The van der Waals surface area contributed by atoms with Crippen molar-refractivity contribution in [1.82, 2.24) is 25.5 Å². The minimum Gasteiger partial charge on any atom is -0.360 e. The average molecular weight is 310 g/mol. The minimum atomic E-state index is -0.0398. The summed E-state index contributed by atoms with van der Waals surface area (Å²) < 4.78 is 0. The maximum atomic E-state index is 11.9. The number of urea groups is 1. The van der Waals surface area contributed by atoms with Gasteiger partial charge in [0.2, 0.25) is 5.82 Å². The van der Waals surface area contributed by atoms with Crippen LogP contribution in [0.15, 0.2) is 24.4 Å². The molecular formula is C14H14N8O. The first-order valence-corrected chi connectivity index (χ1v) is 6.82. The fourth-order valence-corrected chi connectivity index (χ4v) is 2.39. The van der Waals surface area contributed by atoms with Crippen molar-refractivity contribution in [2.24, 2.45) is 0 Å². The number of aromatic nitrogens is 4. The molecular weight excluding hydrogens is 296 g/mol. The lowest BCUT2D eigenvalue weighted by Gasteiger charge is -2.32. The predicted molar refractivity (Wildman–Crippen MR) is 83.1 cm³/mol. The summed E-state index contributed by atoms with van der Waals surface area (Å²) in [4.78, 5) is 15.2. The molecule has 0 spiro atoms. The number of carbonyl (C=O) groups excluding carboxylic acids is 1. The second-order valence-corrected chi connectivity index (χ2v) is 5.09. The molecule has 0 fully saturated rings. The van der Waals surface area contributed by atoms with E-state index in [1.54, 1.807) is 23.9 Å². The smallest absolute Gasteiger partial charge is 0.324 e. The molecule has 0 saturated carbocycles. The van der Waals surface area contributed by atoms with Gasteiger partial charge in [-0.25, -0.2) is 4.79 Å². The number of rotatable bonds is 3. The molecule has 2 amide bonds. The van der Waals surface area contributed by atoms with Crippen molar-refractivity contribution < 1.29 is 4.79 Å². The Hall–Kier alpha value is -3.41. The summed E-state index contributed by atoms with van der Waals surface area (Å²) in [6.07, 6.45) is 1.52. The van der Waals surface area contributed by atoms with Crippen LogP contribution in [0.2, 0.25) is 0 Å². The second-order valence-electron chi connectivity index (χ2n) is 5.09. The second kappa shape index (κ2) is 5.76. The van der Waals surface area contributed by atoms with Crippen LogP contribution < -0.4 is 10.2 Å². The van der Waals surface area contributed by atoms with Crippen LogP contribution in [0.5, 0.6) is 0 Å². The van der Waals surface area contributed by atoms with Crippen molar-refractivity contribution in [2.75, 3.05) is 24.3 Å². The molecule has 2 N–H and O–H groups in total. The Labute approximate surface area is 132 Å². The van der Waals surface area contributed by atoms with Crippen LogP contribution in [0.4, 0.5) is 16.2 Å². The van der Waals surface area contributed by atoms with Gasteiger partial charge in [-0.3, -0.25) is 4.90 Å². The lowest BCUT2D eigenvalue weighted by atomic mass is 10.1. The zero-order valence-corrected chi connectivity index (χ0v) is 12.6. The molecule has 1 aromatic heterocycles. The standard InChI is InChI=1S/C14H14N8O/c1-21-8-9-5-11(3-4-12(9)22(2)14(21)23)16-7-10(6-15)13-17-19-20-18-13/h3-5,7,16H,8H2,1-2H3,(H,17,18,19,20). The molecule has 1 aromatic carbocycles. The SMILES string of the molecule is CN1Cc2cc(NC=C(C#N)c3nn[nH]n3)ccc2N(C)C1=O. The summed E-state index contributed by atoms with van der Waals surface area (Å²) in [6.45, 7) is 0.535. The van der Waals surface area contributed by atoms with Crippen LogP contribution in [-0.4, -0.2) is 45.7 Å². The number of benzene rings is 1. The molecule has 0 unspecified atom stereocenters. The molecule has 3 rings (SSSR count). The van der Waals surface area contributed by atoms with Crippen LogP contribution >= 0.6 is 0 Å². The van der Waals surface area contributed by atoms with Crippen molar-refractivity contribution >= 4 is 23.0 Å². The highest BCUT2D eigenvalue weighted by molar-refractivity contribution is 5.94. The third-order valence-corrected chi connectivity index (χ3v) is 3.55. The van der Waals surface area contributed by atoms with Gasteiger partial charge in [-0.2, -0.15) is 10.5 Å². The van der Waals surface area contributed by atoms with Gasteiger partial charge in [0.15, 0.2) is 0 Å². The van der Waals surface area contributed by atoms with Gasteiger partial charge in [-0.05, 0) is 29.0 Å². The molecule has 23 heavy (non-hydrogen) atoms. The number of hydrogen-bond acceptors (Lipinski definition) is 6. The van der Waals surface area contributed by atoms with Crippen LogP contribution in [0, 0.1) is 11.3 Å². The Morgan fingerprint density at radius 1 is 1.48 bits per heavy atom. The van der Waals surface area contributed by atoms with E-state index in [0.29, 0.717) is 6.54 Å². The fraction of sp³-hybridized carbons (Fsp3) is 0.214. The maximum absolute atomic E-state index is 11.9. The summed E-state index contributed by atoms with van der Waals surface area (Å²) >= 11 is 0. The van der Waals surface area contributed by atoms with Gasteiger partial charge in [0, 0.05) is 32.5 Å². The van der Waals surface area contributed by atoms with E-state index in [-0.39, 0.29) is 17.4 Å². The van der Waals surface area contributed by atoms with E-state index < -0.39 is 0 Å². The lowest BCUT2D eigenvalue weighted by Crippen LogP contribution is -2.42. The third-order valence-electron chi connectivity index (χ3n) is 3.55. The number of amides is 2. The topological polar surface area (TPSA) is 114 Å². The fourth-order valence-electron chi connectivity index (χ4n) is 2.39. The number of tetrazole rings is 1. The number of nitriles is 1. The molecule has 1 aliphatic rings. The zero-order valence-electron chi connectivity index (χ0n) is 12.6. The number of nitrogens with zero attached hydrogens (tertiary/aromatic N) is 6. The van der Waals surface area contributed by atoms with Gasteiger partial charge in [-0.1, -0.05) is 0 Å². The molecule has 0 saturated heterocycles. The van der Waals surface area contributed by atoms with E-state index in [9.17, 15) is 4.79 Å². The van der Waals surface area contributed by atoms with E-state index in [1.807, 2.05) is 24.3 Å². The highest BCUT2D eigenvalue weighted by atomic mass is 16.2. The molecule has 0 aliphatic carbocycles. The van der Waals surface area contributed by atoms with Gasteiger partial charge >= 0.3 is 6.03 Å². The maximum Gasteiger partial charge on any atom is 0.324 e. The van der Waals surface area contributed by atoms with Crippen molar-refractivity contribution in [3.05, 3.63) is 35.8 Å². The summed E-state index contributed by atoms with van der Waals surface area (Å²) in [6, 6.07) is 7.63. The normalized spacial score (nSPS) is 14.5. The Balaban J connectivity index is 1.85. The Morgan fingerprint density at radius 3 is 3.00 bits per heavy atom. The molecule has 0 atom stereocenters. The summed E-state index contributed by atoms with van der Waals surface area (Å²) in [5.41, 5.74) is 2.96. The summed E-state index contributed by atoms with van der Waals surface area (Å²) in [7, 11) is 3.50. The van der Waals surface area contributed by atoms with E-state index >= 15 is 0 Å². The number of fused-ring (bicyclic) bond motifs is 1. The van der Waals surface area contributed by atoms with E-state index in [4.69, 9.17) is 5.26 Å². The lowest BCUT2D eigenvalue weighted by molar-refractivity contribution is 0.212. The average Bonchev–Trinajstić information content (AvgIpc) is 3.07. The number of anilines is 2. The van der Waals surface area contributed by atoms with Gasteiger partial charge in [0.05, 0.1) is 5.69 Å². The predicted octanol–water partition coefficient (Wildman–Crippen LogP) is 1.18. The Bertz CT molecular complexity index is 805. The van der Waals surface area contributed by atoms with Crippen molar-refractivity contribution in [3.8, 4) is 6.07 Å². The number of H-pyrrole nitrogens is 1. The first-order valence-electron chi connectivity index (χ1n) is 6.82. The van der Waals surface area contributed by atoms with E-state index in [0.717, 1.165) is 16.9 Å². The highest BCUT2D eigenvalue weighted by Crippen LogP contribution is 2.29. The summed E-state index contributed by atoms with van der Waals surface area (Å²) in [5, 5.41) is 25.5. The van der Waals surface area contributed by atoms with Gasteiger partial charge in [0.1, 0.15) is 11.6 Å². The minimum absolute atomic E-state index is 0.0398. The van der Waals surface area contributed by atoms with Gasteiger partial charge < -0.3 is 10.2 Å². The highest BCUT2D eigenvalue weighted by Gasteiger charge is 2.24. The number of hydrogen-bond donors (Lipinski definition) is 2. The largest absolute Gasteiger partial charge is 0.360 e. The number of allylic oxidation sites excluding steroid dienone is 1. The van der Waals surface area contributed by atoms with Crippen molar-refractivity contribution in [1.29, 1.82) is 5.26 Å². The summed E-state index contributed by atoms with van der Waals surface area (Å²) in [5.74, 6) is 0.225. The van der Waals surface area contributed by atoms with Crippen LogP contribution in [0.1, 0.15) is 11.4 Å². The molecule has 9 nitrogen and oxygen atoms in total. The van der Waals surface area contributed by atoms with Crippen molar-refractivity contribution in [3.63, 3.8) is 0 Å². The zero-order chi connectivity index (χ0) is 16.4. The number of carbonyl (C=O) groups is 1. The van der Waals surface area contributed by atoms with Crippen LogP contribution in [-0.2, 0) is 6.54 Å².